The van der Waals surface area contributed by atoms with Gasteiger partial charge in [0.15, 0.2) is 5.58 Å². The summed E-state index contributed by atoms with van der Waals surface area (Å²) in [5, 5.41) is 17.8. The molecule has 10 nitrogen and oxygen atoms in total. The summed E-state index contributed by atoms with van der Waals surface area (Å²) in [5.74, 6) is -0.718. The number of nitro benzene ring substituents is 1. The fraction of sp³-hybridized carbons (Fsp3) is 0.353. The molecule has 0 aliphatic heterocycles. The predicted molar refractivity (Wildman–Crippen MR) is 96.2 cm³/mol. The Morgan fingerprint density at radius 3 is 2.96 bits per heavy atom. The van der Waals surface area contributed by atoms with Crippen molar-refractivity contribution >= 4 is 22.7 Å². The maximum absolute atomic E-state index is 12.1. The lowest BCUT2D eigenvalue weighted by atomic mass is 10.2. The van der Waals surface area contributed by atoms with Crippen LogP contribution in [0.5, 0.6) is 0 Å². The number of nitro groups is 1. The molecule has 2 aromatic heterocycles. The quantitative estimate of drug-likeness (QED) is 0.473. The van der Waals surface area contributed by atoms with Gasteiger partial charge in [-0.3, -0.25) is 24.2 Å². The van der Waals surface area contributed by atoms with E-state index in [2.05, 4.69) is 10.4 Å². The van der Waals surface area contributed by atoms with Crippen molar-refractivity contribution in [3.8, 4) is 0 Å². The van der Waals surface area contributed by atoms with Crippen molar-refractivity contribution in [2.24, 2.45) is 0 Å². The highest BCUT2D eigenvalue weighted by Gasteiger charge is 2.14. The summed E-state index contributed by atoms with van der Waals surface area (Å²) in [6, 6.07) is 5.75. The Balaban J connectivity index is 1.55. The molecule has 142 valence electrons. The molecule has 0 unspecified atom stereocenters. The average molecular weight is 373 g/mol. The first-order chi connectivity index (χ1) is 12.9. The van der Waals surface area contributed by atoms with Crippen LogP contribution in [0.15, 0.2) is 45.9 Å². The Labute approximate surface area is 153 Å². The Morgan fingerprint density at radius 1 is 1.44 bits per heavy atom. The van der Waals surface area contributed by atoms with E-state index >= 15 is 0 Å². The molecule has 1 amide bonds. The molecule has 1 atom stereocenters. The Bertz CT molecular complexity index is 1000. The SMILES string of the molecule is C[C@H](Cn1cccn1)NC(=O)CCCn1c(=O)oc2cc([N+](=O)[O-])ccc21. The van der Waals surface area contributed by atoms with E-state index < -0.39 is 10.7 Å². The molecule has 1 N–H and O–H groups in total. The third-order valence-corrected chi connectivity index (χ3v) is 4.08. The number of carbonyl (C=O) groups is 1. The molecule has 10 heteroatoms. The monoisotopic (exact) mass is 373 g/mol. The lowest BCUT2D eigenvalue weighted by Gasteiger charge is -2.14. The van der Waals surface area contributed by atoms with Crippen LogP contribution in [-0.2, 0) is 17.9 Å². The normalized spacial score (nSPS) is 12.2. The fourth-order valence-electron chi connectivity index (χ4n) is 2.86. The summed E-state index contributed by atoms with van der Waals surface area (Å²) in [6.45, 7) is 2.74. The summed E-state index contributed by atoms with van der Waals surface area (Å²) in [4.78, 5) is 34.3. The number of nitrogens with one attached hydrogen (secondary N) is 1. The summed E-state index contributed by atoms with van der Waals surface area (Å²) >= 11 is 0. The largest absolute Gasteiger partial charge is 0.419 e. The van der Waals surface area contributed by atoms with Crippen molar-refractivity contribution in [3.63, 3.8) is 0 Å². The van der Waals surface area contributed by atoms with Gasteiger partial charge in [0.2, 0.25) is 5.91 Å². The third kappa shape index (κ3) is 4.40. The first-order valence-corrected chi connectivity index (χ1v) is 8.48. The number of amides is 1. The summed E-state index contributed by atoms with van der Waals surface area (Å²) in [7, 11) is 0. The van der Waals surface area contributed by atoms with Gasteiger partial charge in [0.25, 0.3) is 5.69 Å². The predicted octanol–water partition coefficient (Wildman–Crippen LogP) is 1.68. The van der Waals surface area contributed by atoms with E-state index in [0.29, 0.717) is 18.5 Å². The topological polar surface area (TPSA) is 125 Å². The van der Waals surface area contributed by atoms with Crippen molar-refractivity contribution < 1.29 is 14.1 Å². The van der Waals surface area contributed by atoms with Crippen molar-refractivity contribution in [2.75, 3.05) is 0 Å². The molecular weight excluding hydrogens is 354 g/mol. The number of rotatable bonds is 8. The van der Waals surface area contributed by atoms with Gasteiger partial charge in [-0.1, -0.05) is 0 Å². The number of aromatic nitrogens is 3. The van der Waals surface area contributed by atoms with Gasteiger partial charge >= 0.3 is 5.76 Å². The van der Waals surface area contributed by atoms with Gasteiger partial charge in [-0.05, 0) is 25.5 Å². The molecule has 0 saturated heterocycles. The van der Waals surface area contributed by atoms with E-state index in [1.807, 2.05) is 19.2 Å². The van der Waals surface area contributed by atoms with Crippen LogP contribution in [0.4, 0.5) is 5.69 Å². The van der Waals surface area contributed by atoms with Gasteiger partial charge in [-0.25, -0.2) is 4.79 Å². The molecule has 0 radical (unpaired) electrons. The van der Waals surface area contributed by atoms with Crippen LogP contribution in [0.25, 0.3) is 11.1 Å². The lowest BCUT2D eigenvalue weighted by molar-refractivity contribution is -0.384. The number of aryl methyl sites for hydroxylation is 1. The molecule has 0 saturated carbocycles. The zero-order chi connectivity index (χ0) is 19.4. The number of nitrogens with zero attached hydrogens (tertiary/aromatic N) is 4. The van der Waals surface area contributed by atoms with Gasteiger partial charge in [-0.15, -0.1) is 0 Å². The number of non-ortho nitro benzene ring substituents is 1. The van der Waals surface area contributed by atoms with E-state index in [9.17, 15) is 19.7 Å². The number of benzene rings is 1. The van der Waals surface area contributed by atoms with Crippen LogP contribution in [-0.4, -0.2) is 31.2 Å². The highest BCUT2D eigenvalue weighted by Crippen LogP contribution is 2.20. The molecule has 0 fully saturated rings. The van der Waals surface area contributed by atoms with Crippen LogP contribution in [0.1, 0.15) is 19.8 Å². The Hall–Kier alpha value is -3.43. The second-order valence-electron chi connectivity index (χ2n) is 6.23. The smallest absolute Gasteiger partial charge is 0.407 e. The average Bonchev–Trinajstić information content (AvgIpc) is 3.21. The zero-order valence-corrected chi connectivity index (χ0v) is 14.7. The van der Waals surface area contributed by atoms with Crippen LogP contribution >= 0.6 is 0 Å². The first kappa shape index (κ1) is 18.4. The van der Waals surface area contributed by atoms with Gasteiger partial charge in [0.05, 0.1) is 23.1 Å². The molecular formula is C17H19N5O5. The molecule has 0 spiro atoms. The highest BCUT2D eigenvalue weighted by atomic mass is 16.6. The van der Waals surface area contributed by atoms with Gasteiger partial charge < -0.3 is 9.73 Å². The van der Waals surface area contributed by atoms with Crippen LogP contribution < -0.4 is 11.1 Å². The molecule has 0 bridgehead atoms. The zero-order valence-electron chi connectivity index (χ0n) is 14.7. The van der Waals surface area contributed by atoms with Crippen molar-refractivity contribution in [1.29, 1.82) is 0 Å². The maximum atomic E-state index is 12.1. The maximum Gasteiger partial charge on any atom is 0.419 e. The number of hydrogen-bond acceptors (Lipinski definition) is 6. The number of fused-ring (bicyclic) bond motifs is 1. The molecule has 1 aromatic carbocycles. The van der Waals surface area contributed by atoms with Crippen LogP contribution in [0.2, 0.25) is 0 Å². The third-order valence-electron chi connectivity index (χ3n) is 4.08. The fourth-order valence-corrected chi connectivity index (χ4v) is 2.86. The minimum atomic E-state index is -0.599. The van der Waals surface area contributed by atoms with E-state index in [0.717, 1.165) is 0 Å². The highest BCUT2D eigenvalue weighted by molar-refractivity contribution is 5.77. The first-order valence-electron chi connectivity index (χ1n) is 8.48. The van der Waals surface area contributed by atoms with E-state index in [1.54, 1.807) is 10.9 Å². The van der Waals surface area contributed by atoms with Gasteiger partial charge in [-0.2, -0.15) is 5.10 Å². The van der Waals surface area contributed by atoms with Gasteiger partial charge in [0, 0.05) is 37.5 Å². The summed E-state index contributed by atoms with van der Waals surface area (Å²) in [5.41, 5.74) is 0.485. The molecule has 0 aliphatic rings. The van der Waals surface area contributed by atoms with E-state index in [-0.39, 0.29) is 36.2 Å². The molecule has 2 heterocycles. The van der Waals surface area contributed by atoms with Crippen LogP contribution in [0, 0.1) is 10.1 Å². The van der Waals surface area contributed by atoms with Crippen molar-refractivity contribution in [3.05, 3.63) is 57.3 Å². The molecule has 3 rings (SSSR count). The Morgan fingerprint density at radius 2 is 2.26 bits per heavy atom. The summed E-state index contributed by atoms with van der Waals surface area (Å²) in [6.07, 6.45) is 4.18. The molecule has 0 aliphatic carbocycles. The van der Waals surface area contributed by atoms with E-state index in [4.69, 9.17) is 4.42 Å². The van der Waals surface area contributed by atoms with Crippen molar-refractivity contribution in [2.45, 2.75) is 38.9 Å². The minimum absolute atomic E-state index is 0.0737. The number of carbonyl (C=O) groups excluding carboxylic acids is 1. The number of oxazole rings is 1. The van der Waals surface area contributed by atoms with Gasteiger partial charge in [0.1, 0.15) is 0 Å². The van der Waals surface area contributed by atoms with E-state index in [1.165, 1.54) is 22.8 Å². The van der Waals surface area contributed by atoms with Crippen LogP contribution in [0.3, 0.4) is 0 Å². The number of hydrogen-bond donors (Lipinski definition) is 1. The second-order valence-corrected chi connectivity index (χ2v) is 6.23. The minimum Gasteiger partial charge on any atom is -0.407 e. The standard InChI is InChI=1S/C17H19N5O5/c1-12(11-20-8-3-7-18-20)19-16(23)4-2-9-21-14-6-5-13(22(25)26)10-15(14)27-17(21)24/h3,5-8,10,12H,2,4,9,11H2,1H3,(H,19,23)/t12-/m1/s1. The Kier molecular flexibility index (Phi) is 5.34. The molecule has 27 heavy (non-hydrogen) atoms. The van der Waals surface area contributed by atoms with Crippen molar-refractivity contribution in [1.82, 2.24) is 19.7 Å². The molecule has 3 aromatic rings. The second kappa shape index (κ2) is 7.85. The lowest BCUT2D eigenvalue weighted by Crippen LogP contribution is -2.35. The summed E-state index contributed by atoms with van der Waals surface area (Å²) < 4.78 is 8.18.